The van der Waals surface area contributed by atoms with Crippen molar-refractivity contribution in [3.63, 3.8) is 0 Å². The van der Waals surface area contributed by atoms with Crippen LogP contribution in [0.25, 0.3) is 0 Å². The lowest BCUT2D eigenvalue weighted by molar-refractivity contribution is -0.141. The van der Waals surface area contributed by atoms with E-state index in [1.54, 1.807) is 11.8 Å². The normalized spacial score (nSPS) is 20.8. The fourth-order valence-electron chi connectivity index (χ4n) is 5.55. The molecule has 3 atom stereocenters. The smallest absolute Gasteiger partial charge is 0.226 e. The predicted molar refractivity (Wildman–Crippen MR) is 139 cm³/mol. The summed E-state index contributed by atoms with van der Waals surface area (Å²) in [6.45, 7) is 2.69. The maximum Gasteiger partial charge on any atom is 0.226 e. The topological polar surface area (TPSA) is 49.4 Å². The number of carbonyl (C=O) groups excluding carboxylic acids is 2. The van der Waals surface area contributed by atoms with Gasteiger partial charge in [-0.2, -0.15) is 0 Å². The van der Waals surface area contributed by atoms with Gasteiger partial charge in [0.05, 0.1) is 12.1 Å². The van der Waals surface area contributed by atoms with Crippen molar-refractivity contribution < 1.29 is 9.59 Å². The van der Waals surface area contributed by atoms with Crippen LogP contribution in [0.1, 0.15) is 69.9 Å². The largest absolute Gasteiger partial charge is 0.335 e. The van der Waals surface area contributed by atoms with E-state index in [0.717, 1.165) is 32.2 Å². The van der Waals surface area contributed by atoms with Gasteiger partial charge in [0, 0.05) is 28.7 Å². The van der Waals surface area contributed by atoms with Crippen LogP contribution in [0, 0.1) is 11.8 Å². The lowest BCUT2D eigenvalue weighted by Gasteiger charge is -2.35. The van der Waals surface area contributed by atoms with Crippen molar-refractivity contribution in [2.75, 3.05) is 13.6 Å². The van der Waals surface area contributed by atoms with Gasteiger partial charge in [0.1, 0.15) is 5.78 Å². The number of Topliss-reactive ketones (excluding diaryl/α,β-unsaturated/α-hetero) is 1. The van der Waals surface area contributed by atoms with Gasteiger partial charge in [0.25, 0.3) is 0 Å². The number of hydrogen-bond acceptors (Lipinski definition) is 4. The van der Waals surface area contributed by atoms with E-state index in [9.17, 15) is 9.59 Å². The van der Waals surface area contributed by atoms with Gasteiger partial charge in [0.2, 0.25) is 5.91 Å². The van der Waals surface area contributed by atoms with Gasteiger partial charge in [-0.3, -0.25) is 9.59 Å². The van der Waals surface area contributed by atoms with Crippen molar-refractivity contribution in [3.8, 4) is 0 Å². The second-order valence-corrected chi connectivity index (χ2v) is 11.0. The van der Waals surface area contributed by atoms with Crippen LogP contribution >= 0.6 is 11.8 Å². The monoisotopic (exact) mass is 478 g/mol. The van der Waals surface area contributed by atoms with E-state index in [2.05, 4.69) is 58.7 Å². The number of nitrogens with one attached hydrogen (secondary N) is 1. The number of likely N-dealkylation sites (tertiary alicyclic amines) is 1. The van der Waals surface area contributed by atoms with Gasteiger partial charge in [-0.15, -0.1) is 0 Å². The third-order valence-corrected chi connectivity index (χ3v) is 8.63. The molecule has 2 aromatic rings. The van der Waals surface area contributed by atoms with E-state index in [1.165, 1.54) is 34.6 Å². The Bertz CT molecular complexity index is 958. The van der Waals surface area contributed by atoms with Crippen molar-refractivity contribution in [1.29, 1.82) is 0 Å². The third kappa shape index (κ3) is 6.11. The first-order valence-corrected chi connectivity index (χ1v) is 13.7. The summed E-state index contributed by atoms with van der Waals surface area (Å²) in [5, 5.41) is 3.07. The molecular formula is C29H38N2O2S. The molecule has 34 heavy (non-hydrogen) atoms. The number of amides is 1. The molecule has 5 heteroatoms. The number of benzene rings is 2. The Morgan fingerprint density at radius 2 is 1.71 bits per heavy atom. The van der Waals surface area contributed by atoms with E-state index in [4.69, 9.17) is 0 Å². The molecule has 0 bridgehead atoms. The maximum atomic E-state index is 14.0. The van der Waals surface area contributed by atoms with Crippen LogP contribution in [-0.2, 0) is 9.59 Å². The first-order chi connectivity index (χ1) is 16.6. The van der Waals surface area contributed by atoms with Crippen LogP contribution in [0.5, 0.6) is 0 Å². The molecule has 1 N–H and O–H groups in total. The fraction of sp³-hybridized carbons (Fsp3) is 0.517. The molecular weight excluding hydrogens is 440 g/mol. The highest BCUT2D eigenvalue weighted by atomic mass is 32.2. The Morgan fingerprint density at radius 3 is 2.44 bits per heavy atom. The summed E-state index contributed by atoms with van der Waals surface area (Å²) >= 11 is 1.76. The molecule has 1 amide bonds. The summed E-state index contributed by atoms with van der Waals surface area (Å²) in [5.74, 6) is 0.497. The number of likely N-dealkylation sites (N-methyl/N-ethyl adjacent to an activating group) is 1. The van der Waals surface area contributed by atoms with Gasteiger partial charge in [0.15, 0.2) is 0 Å². The van der Waals surface area contributed by atoms with E-state index in [-0.39, 0.29) is 29.7 Å². The van der Waals surface area contributed by atoms with Crippen molar-refractivity contribution in [2.45, 2.75) is 80.2 Å². The van der Waals surface area contributed by atoms with Gasteiger partial charge in [-0.1, -0.05) is 61.4 Å². The Hall–Kier alpha value is -2.11. The van der Waals surface area contributed by atoms with Crippen molar-refractivity contribution in [2.24, 2.45) is 11.8 Å². The summed E-state index contributed by atoms with van der Waals surface area (Å²) < 4.78 is 0. The van der Waals surface area contributed by atoms with Gasteiger partial charge in [-0.05, 0) is 75.4 Å². The van der Waals surface area contributed by atoms with Crippen LogP contribution < -0.4 is 5.32 Å². The molecule has 0 aromatic heterocycles. The van der Waals surface area contributed by atoms with Crippen molar-refractivity contribution >= 4 is 23.5 Å². The molecule has 2 fully saturated rings. The molecule has 2 aliphatic rings. The summed E-state index contributed by atoms with van der Waals surface area (Å²) in [5.41, 5.74) is 1.21. The van der Waals surface area contributed by atoms with Crippen LogP contribution in [0.15, 0.2) is 64.4 Å². The minimum Gasteiger partial charge on any atom is -0.335 e. The Morgan fingerprint density at radius 1 is 0.971 bits per heavy atom. The molecule has 0 spiro atoms. The Labute approximate surface area is 208 Å². The molecule has 182 valence electrons. The summed E-state index contributed by atoms with van der Waals surface area (Å²) in [6.07, 6.45) is 8.10. The highest BCUT2D eigenvalue weighted by Gasteiger charge is 2.39. The Balaban J connectivity index is 1.53. The molecule has 4 rings (SSSR count). The molecule has 1 aliphatic heterocycles. The number of ketones is 1. The zero-order valence-corrected chi connectivity index (χ0v) is 21.4. The molecule has 1 saturated carbocycles. The van der Waals surface area contributed by atoms with Crippen molar-refractivity contribution in [1.82, 2.24) is 10.2 Å². The van der Waals surface area contributed by atoms with Crippen molar-refractivity contribution in [3.05, 3.63) is 60.2 Å². The van der Waals surface area contributed by atoms with E-state index < -0.39 is 0 Å². The van der Waals surface area contributed by atoms with E-state index in [0.29, 0.717) is 12.3 Å². The molecule has 0 radical (unpaired) electrons. The quantitative estimate of drug-likeness (QED) is 0.462. The van der Waals surface area contributed by atoms with Crippen LogP contribution in [0.2, 0.25) is 0 Å². The first kappa shape index (κ1) is 25.0. The number of nitrogens with zero attached hydrogens (tertiary/aromatic N) is 1. The average molecular weight is 479 g/mol. The van der Waals surface area contributed by atoms with Gasteiger partial charge in [-0.25, -0.2) is 0 Å². The highest BCUT2D eigenvalue weighted by Crippen LogP contribution is 2.39. The zero-order valence-electron chi connectivity index (χ0n) is 20.5. The average Bonchev–Trinajstić information content (AvgIpc) is 3.38. The summed E-state index contributed by atoms with van der Waals surface area (Å²) in [4.78, 5) is 31.4. The van der Waals surface area contributed by atoms with Gasteiger partial charge < -0.3 is 10.2 Å². The number of rotatable bonds is 9. The standard InChI is InChI=1S/C29H38N2O2S/c1-21(30-2)28(32)20-26(22-11-5-3-6-12-22)29(33)31-18-10-17-27(31)23-13-9-16-25(19-23)34-24-14-7-4-8-15-24/h4,7-9,13-16,19,21-22,26-27,30H,3,5-6,10-12,17-18,20H2,1-2H3/t21-,26-,27+/m0/s1. The fourth-order valence-corrected chi connectivity index (χ4v) is 6.45. The molecule has 1 heterocycles. The molecule has 1 aliphatic carbocycles. The molecule has 1 saturated heterocycles. The van der Waals surface area contributed by atoms with Crippen LogP contribution in [-0.4, -0.2) is 36.2 Å². The Kier molecular flexibility index (Phi) is 8.85. The van der Waals surface area contributed by atoms with Crippen LogP contribution in [0.3, 0.4) is 0 Å². The minimum atomic E-state index is -0.208. The summed E-state index contributed by atoms with van der Waals surface area (Å²) in [7, 11) is 1.82. The minimum absolute atomic E-state index is 0.103. The number of carbonyl (C=O) groups is 2. The third-order valence-electron chi connectivity index (χ3n) is 7.63. The molecule has 2 aromatic carbocycles. The molecule has 4 nitrogen and oxygen atoms in total. The highest BCUT2D eigenvalue weighted by molar-refractivity contribution is 7.99. The van der Waals surface area contributed by atoms with E-state index >= 15 is 0 Å². The number of hydrogen-bond donors (Lipinski definition) is 1. The second kappa shape index (κ2) is 12.0. The lowest BCUT2D eigenvalue weighted by Crippen LogP contribution is -2.42. The van der Waals surface area contributed by atoms with Gasteiger partial charge >= 0.3 is 0 Å². The van der Waals surface area contributed by atoms with E-state index in [1.807, 2.05) is 20.0 Å². The zero-order chi connectivity index (χ0) is 23.9. The predicted octanol–water partition coefficient (Wildman–Crippen LogP) is 6.26. The SMILES string of the molecule is CN[C@@H](C)C(=O)C[C@H](C(=O)N1CCC[C@@H]1c1cccc(Sc2ccccc2)c1)C1CCCCC1. The first-order valence-electron chi connectivity index (χ1n) is 12.9. The second-order valence-electron chi connectivity index (χ2n) is 9.86. The molecule has 0 unspecified atom stereocenters. The summed E-state index contributed by atoms with van der Waals surface area (Å²) in [6, 6.07) is 19.0. The lowest BCUT2D eigenvalue weighted by atomic mass is 9.76. The maximum absolute atomic E-state index is 14.0. The van der Waals surface area contributed by atoms with Crippen LogP contribution in [0.4, 0.5) is 0 Å².